The lowest BCUT2D eigenvalue weighted by Gasteiger charge is -2.17. The second-order valence-electron chi connectivity index (χ2n) is 4.97. The Labute approximate surface area is 110 Å². The van der Waals surface area contributed by atoms with Gasteiger partial charge in [-0.25, -0.2) is 0 Å². The quantitative estimate of drug-likeness (QED) is 0.831. The molecule has 0 radical (unpaired) electrons. The summed E-state index contributed by atoms with van der Waals surface area (Å²) in [6.07, 6.45) is 2.75. The molecular weight excluding hydrogens is 222 g/mol. The van der Waals surface area contributed by atoms with Gasteiger partial charge in [-0.1, -0.05) is 43.8 Å². The maximum absolute atomic E-state index is 5.69. The molecule has 18 heavy (non-hydrogen) atoms. The second kappa shape index (κ2) is 6.72. The van der Waals surface area contributed by atoms with Gasteiger partial charge in [-0.15, -0.1) is 0 Å². The molecule has 2 heteroatoms. The molecule has 0 aromatic heterocycles. The van der Waals surface area contributed by atoms with Gasteiger partial charge in [0, 0.05) is 19.7 Å². The normalized spacial score (nSPS) is 23.2. The zero-order chi connectivity index (χ0) is 12.8. The fourth-order valence-corrected chi connectivity index (χ4v) is 2.56. The Morgan fingerprint density at radius 1 is 1.39 bits per heavy atom. The molecule has 2 unspecified atom stereocenters. The van der Waals surface area contributed by atoms with Crippen LogP contribution in [0.5, 0.6) is 0 Å². The second-order valence-corrected chi connectivity index (χ2v) is 4.97. The lowest BCUT2D eigenvalue weighted by atomic mass is 9.99. The van der Waals surface area contributed by atoms with Crippen molar-refractivity contribution in [2.24, 2.45) is 5.92 Å². The van der Waals surface area contributed by atoms with Crippen LogP contribution >= 0.6 is 0 Å². The van der Waals surface area contributed by atoms with E-state index >= 15 is 0 Å². The summed E-state index contributed by atoms with van der Waals surface area (Å²) in [5.74, 6) is 0.665. The van der Waals surface area contributed by atoms with E-state index in [1.54, 1.807) is 0 Å². The molecular formula is C16H23NO. The van der Waals surface area contributed by atoms with Crippen LogP contribution in [0.2, 0.25) is 0 Å². The molecule has 0 saturated carbocycles. The van der Waals surface area contributed by atoms with E-state index in [0.717, 1.165) is 31.7 Å². The Balaban J connectivity index is 1.74. The van der Waals surface area contributed by atoms with Gasteiger partial charge in [0.1, 0.15) is 0 Å². The van der Waals surface area contributed by atoms with Crippen molar-refractivity contribution < 1.29 is 4.74 Å². The van der Waals surface area contributed by atoms with Crippen molar-refractivity contribution in [3.05, 3.63) is 42.5 Å². The summed E-state index contributed by atoms with van der Waals surface area (Å²) in [5.41, 5.74) is 2.38. The van der Waals surface area contributed by atoms with E-state index in [1.807, 2.05) is 6.07 Å². The molecule has 0 spiro atoms. The minimum absolute atomic E-state index is 0.447. The van der Waals surface area contributed by atoms with Crippen LogP contribution in [0.3, 0.4) is 0 Å². The summed E-state index contributed by atoms with van der Waals surface area (Å²) >= 11 is 0. The highest BCUT2D eigenvalue weighted by atomic mass is 16.5. The highest BCUT2D eigenvalue weighted by molar-refractivity contribution is 5.64. The smallest absolute Gasteiger partial charge is 0.0613 e. The van der Waals surface area contributed by atoms with E-state index in [2.05, 4.69) is 43.1 Å². The van der Waals surface area contributed by atoms with Crippen molar-refractivity contribution in [2.75, 3.05) is 19.7 Å². The number of hydrogen-bond acceptors (Lipinski definition) is 2. The number of benzene rings is 1. The Bertz CT molecular complexity index is 374. The zero-order valence-corrected chi connectivity index (χ0v) is 11.2. The summed E-state index contributed by atoms with van der Waals surface area (Å²) < 4.78 is 5.69. The van der Waals surface area contributed by atoms with Crippen LogP contribution in [0.15, 0.2) is 36.9 Å². The molecule has 1 saturated heterocycles. The monoisotopic (exact) mass is 245 g/mol. The molecule has 98 valence electrons. The van der Waals surface area contributed by atoms with Gasteiger partial charge >= 0.3 is 0 Å². The van der Waals surface area contributed by atoms with E-state index in [0.29, 0.717) is 12.0 Å². The van der Waals surface area contributed by atoms with Gasteiger partial charge in [-0.05, 0) is 29.9 Å². The number of nitrogens with one attached hydrogen (secondary N) is 1. The maximum atomic E-state index is 5.69. The fourth-order valence-electron chi connectivity index (χ4n) is 2.56. The molecule has 2 rings (SSSR count). The molecule has 1 fully saturated rings. The van der Waals surface area contributed by atoms with Crippen LogP contribution in [-0.2, 0) is 4.74 Å². The van der Waals surface area contributed by atoms with Gasteiger partial charge < -0.3 is 10.1 Å². The van der Waals surface area contributed by atoms with Crippen molar-refractivity contribution in [2.45, 2.75) is 25.9 Å². The molecule has 1 N–H and O–H groups in total. The van der Waals surface area contributed by atoms with E-state index < -0.39 is 0 Å². The van der Waals surface area contributed by atoms with Crippen molar-refractivity contribution in [1.29, 1.82) is 0 Å². The number of hydrogen-bond donors (Lipinski definition) is 1. The average molecular weight is 245 g/mol. The van der Waals surface area contributed by atoms with Gasteiger partial charge in [0.05, 0.1) is 6.10 Å². The molecule has 2 atom stereocenters. The topological polar surface area (TPSA) is 21.3 Å². The van der Waals surface area contributed by atoms with Crippen molar-refractivity contribution in [3.63, 3.8) is 0 Å². The minimum Gasteiger partial charge on any atom is -0.378 e. The first-order chi connectivity index (χ1) is 8.81. The third-order valence-electron chi connectivity index (χ3n) is 3.68. The van der Waals surface area contributed by atoms with Crippen molar-refractivity contribution in [1.82, 2.24) is 5.32 Å². The van der Waals surface area contributed by atoms with Crippen LogP contribution in [0, 0.1) is 5.92 Å². The van der Waals surface area contributed by atoms with Crippen molar-refractivity contribution in [3.8, 4) is 0 Å². The Morgan fingerprint density at radius 3 is 2.89 bits per heavy atom. The predicted octanol–water partition coefficient (Wildman–Crippen LogP) is 3.10. The van der Waals surface area contributed by atoms with Gasteiger partial charge in [0.15, 0.2) is 0 Å². The lowest BCUT2D eigenvalue weighted by Crippen LogP contribution is -2.29. The molecule has 1 aromatic carbocycles. The third-order valence-corrected chi connectivity index (χ3v) is 3.68. The zero-order valence-electron chi connectivity index (χ0n) is 11.2. The Kier molecular flexibility index (Phi) is 4.97. The van der Waals surface area contributed by atoms with E-state index in [1.165, 1.54) is 12.0 Å². The van der Waals surface area contributed by atoms with Crippen LogP contribution in [-0.4, -0.2) is 25.8 Å². The highest BCUT2D eigenvalue weighted by Gasteiger charge is 2.25. The fraction of sp³-hybridized carbons (Fsp3) is 0.500. The molecule has 1 heterocycles. The molecule has 0 amide bonds. The highest BCUT2D eigenvalue weighted by Crippen LogP contribution is 2.22. The van der Waals surface area contributed by atoms with Gasteiger partial charge in [0.2, 0.25) is 0 Å². The standard InChI is InChI=1S/C16H23NO/c1-3-16-15(9-10-18-16)12-17-11-13(2)14-7-5-4-6-8-14/h4-8,15-17H,2-3,9-12H2,1H3. The van der Waals surface area contributed by atoms with Gasteiger partial charge in [-0.2, -0.15) is 0 Å². The summed E-state index contributed by atoms with van der Waals surface area (Å²) in [6.45, 7) is 9.15. The van der Waals surface area contributed by atoms with Gasteiger partial charge in [0.25, 0.3) is 0 Å². The van der Waals surface area contributed by atoms with Crippen LogP contribution in [0.4, 0.5) is 0 Å². The minimum atomic E-state index is 0.447. The molecule has 0 bridgehead atoms. The average Bonchev–Trinajstić information content (AvgIpc) is 2.87. The lowest BCUT2D eigenvalue weighted by molar-refractivity contribution is 0.0875. The van der Waals surface area contributed by atoms with Crippen LogP contribution in [0.1, 0.15) is 25.3 Å². The predicted molar refractivity (Wildman–Crippen MR) is 76.5 cm³/mol. The first-order valence-electron chi connectivity index (χ1n) is 6.86. The Morgan fingerprint density at radius 2 is 2.17 bits per heavy atom. The SMILES string of the molecule is C=C(CNCC1CCOC1CC)c1ccccc1. The maximum Gasteiger partial charge on any atom is 0.0613 e. The van der Waals surface area contributed by atoms with E-state index in [4.69, 9.17) is 4.74 Å². The summed E-state index contributed by atoms with van der Waals surface area (Å²) in [4.78, 5) is 0. The first kappa shape index (κ1) is 13.3. The van der Waals surface area contributed by atoms with E-state index in [9.17, 15) is 0 Å². The summed E-state index contributed by atoms with van der Waals surface area (Å²) in [5, 5.41) is 3.51. The summed E-state index contributed by atoms with van der Waals surface area (Å²) in [6, 6.07) is 10.4. The molecule has 0 aliphatic carbocycles. The first-order valence-corrected chi connectivity index (χ1v) is 6.86. The van der Waals surface area contributed by atoms with E-state index in [-0.39, 0.29) is 0 Å². The molecule has 1 aliphatic rings. The van der Waals surface area contributed by atoms with Crippen LogP contribution in [0.25, 0.3) is 5.57 Å². The summed E-state index contributed by atoms with van der Waals surface area (Å²) in [7, 11) is 0. The largest absolute Gasteiger partial charge is 0.378 e. The number of rotatable bonds is 6. The van der Waals surface area contributed by atoms with Gasteiger partial charge in [-0.3, -0.25) is 0 Å². The molecule has 1 aliphatic heterocycles. The molecule has 1 aromatic rings. The number of ether oxygens (including phenoxy) is 1. The third kappa shape index (κ3) is 3.44. The van der Waals surface area contributed by atoms with Crippen molar-refractivity contribution >= 4 is 5.57 Å². The van der Waals surface area contributed by atoms with Crippen LogP contribution < -0.4 is 5.32 Å². The Hall–Kier alpha value is -1.12. The molecule has 2 nitrogen and oxygen atoms in total.